The number of likely N-dealkylation sites (N-methyl/N-ethyl adjacent to an activating group) is 1. The number of aliphatic hydroxyl groups is 1. The molecule has 0 aromatic heterocycles. The second-order valence-electron chi connectivity index (χ2n) is 6.45. The van der Waals surface area contributed by atoms with E-state index in [4.69, 9.17) is 0 Å². The lowest BCUT2D eigenvalue weighted by Gasteiger charge is -2.33. The van der Waals surface area contributed by atoms with Crippen LogP contribution in [0.1, 0.15) is 6.92 Å². The van der Waals surface area contributed by atoms with Crippen molar-refractivity contribution in [3.63, 3.8) is 0 Å². The van der Waals surface area contributed by atoms with Gasteiger partial charge < -0.3 is 10.0 Å². The summed E-state index contributed by atoms with van der Waals surface area (Å²) in [4.78, 5) is 2.25. The SMILES string of the molecule is C[C@@H](C1C=CC=C1P(c1ccccc1)c1ccccc1)N(C)CCO. The van der Waals surface area contributed by atoms with Crippen LogP contribution in [0.2, 0.25) is 0 Å². The first-order valence-electron chi connectivity index (χ1n) is 8.82. The summed E-state index contributed by atoms with van der Waals surface area (Å²) in [5.41, 5.74) is 0. The molecular formula is C22H26NOP. The second-order valence-corrected chi connectivity index (χ2v) is 8.67. The smallest absolute Gasteiger partial charge is 0.0558 e. The van der Waals surface area contributed by atoms with Crippen molar-refractivity contribution in [2.24, 2.45) is 5.92 Å². The Morgan fingerprint density at radius 1 is 1.00 bits per heavy atom. The van der Waals surface area contributed by atoms with Crippen molar-refractivity contribution in [3.05, 3.63) is 84.2 Å². The number of allylic oxidation sites excluding steroid dienone is 2. The Kier molecular flexibility index (Phi) is 6.20. The molecule has 3 heteroatoms. The summed E-state index contributed by atoms with van der Waals surface area (Å²) < 4.78 is 0. The van der Waals surface area contributed by atoms with E-state index in [1.54, 1.807) is 0 Å². The van der Waals surface area contributed by atoms with Gasteiger partial charge in [0.2, 0.25) is 0 Å². The molecule has 0 spiro atoms. The highest BCUT2D eigenvalue weighted by atomic mass is 31.1. The second kappa shape index (κ2) is 8.58. The molecule has 2 aromatic rings. The maximum atomic E-state index is 9.29. The molecule has 2 nitrogen and oxygen atoms in total. The van der Waals surface area contributed by atoms with E-state index in [2.05, 4.69) is 97.8 Å². The molecule has 0 saturated heterocycles. The molecule has 0 amide bonds. The lowest BCUT2D eigenvalue weighted by atomic mass is 10.0. The standard InChI is InChI=1S/C22H26NOP/c1-18(23(2)16-17-24)21-14-9-15-22(21)25(19-10-5-3-6-11-19)20-12-7-4-8-13-20/h3-15,18,21,24H,16-17H2,1-2H3/t18-,21?/m0/s1. The Morgan fingerprint density at radius 2 is 1.56 bits per heavy atom. The van der Waals surface area contributed by atoms with Gasteiger partial charge in [-0.05, 0) is 37.8 Å². The molecule has 1 unspecified atom stereocenters. The highest BCUT2D eigenvalue weighted by Crippen LogP contribution is 2.50. The Morgan fingerprint density at radius 3 is 2.08 bits per heavy atom. The summed E-state index contributed by atoms with van der Waals surface area (Å²) in [7, 11) is 1.55. The first-order chi connectivity index (χ1) is 12.2. The normalized spacial score (nSPS) is 18.0. The fourth-order valence-corrected chi connectivity index (χ4v) is 6.02. The lowest BCUT2D eigenvalue weighted by molar-refractivity contribution is 0.174. The Bertz CT molecular complexity index is 687. The van der Waals surface area contributed by atoms with Gasteiger partial charge in [0.05, 0.1) is 6.61 Å². The van der Waals surface area contributed by atoms with Gasteiger partial charge >= 0.3 is 0 Å². The van der Waals surface area contributed by atoms with Crippen LogP contribution in [-0.2, 0) is 0 Å². The minimum absolute atomic E-state index is 0.197. The van der Waals surface area contributed by atoms with Gasteiger partial charge in [0, 0.05) is 18.5 Å². The topological polar surface area (TPSA) is 23.5 Å². The Labute approximate surface area is 152 Å². The molecule has 3 rings (SSSR count). The number of nitrogens with zero attached hydrogens (tertiary/aromatic N) is 1. The molecule has 2 atom stereocenters. The van der Waals surface area contributed by atoms with E-state index in [-0.39, 0.29) is 6.61 Å². The molecule has 2 aromatic carbocycles. The van der Waals surface area contributed by atoms with Gasteiger partial charge in [-0.25, -0.2) is 0 Å². The number of rotatable bonds is 7. The summed E-state index contributed by atoms with van der Waals surface area (Å²) in [6, 6.07) is 22.0. The van der Waals surface area contributed by atoms with Gasteiger partial charge in [-0.3, -0.25) is 0 Å². The zero-order valence-electron chi connectivity index (χ0n) is 14.9. The number of aliphatic hydroxyl groups excluding tert-OH is 1. The van der Waals surface area contributed by atoms with E-state index in [9.17, 15) is 5.11 Å². The van der Waals surface area contributed by atoms with Gasteiger partial charge in [0.25, 0.3) is 0 Å². The fourth-order valence-electron chi connectivity index (χ4n) is 3.35. The van der Waals surface area contributed by atoms with Crippen molar-refractivity contribution < 1.29 is 5.11 Å². The highest BCUT2D eigenvalue weighted by Gasteiger charge is 2.30. The van der Waals surface area contributed by atoms with Crippen LogP contribution in [0.5, 0.6) is 0 Å². The number of benzene rings is 2. The van der Waals surface area contributed by atoms with E-state index < -0.39 is 7.92 Å². The van der Waals surface area contributed by atoms with E-state index in [1.807, 2.05) is 0 Å². The molecule has 0 aliphatic heterocycles. The van der Waals surface area contributed by atoms with Crippen molar-refractivity contribution in [3.8, 4) is 0 Å². The van der Waals surface area contributed by atoms with Crippen LogP contribution in [0.15, 0.2) is 84.2 Å². The van der Waals surface area contributed by atoms with E-state index in [1.165, 1.54) is 15.9 Å². The van der Waals surface area contributed by atoms with Crippen LogP contribution in [0, 0.1) is 5.92 Å². The largest absolute Gasteiger partial charge is 0.395 e. The van der Waals surface area contributed by atoms with Crippen molar-refractivity contribution in [1.82, 2.24) is 4.90 Å². The van der Waals surface area contributed by atoms with Crippen molar-refractivity contribution >= 4 is 18.5 Å². The number of hydrogen-bond acceptors (Lipinski definition) is 2. The minimum atomic E-state index is -0.548. The molecule has 0 heterocycles. The van der Waals surface area contributed by atoms with Crippen LogP contribution < -0.4 is 10.6 Å². The third-order valence-electron chi connectivity index (χ3n) is 4.88. The molecule has 0 radical (unpaired) electrons. The summed E-state index contributed by atoms with van der Waals surface area (Å²) >= 11 is 0. The molecule has 1 N–H and O–H groups in total. The quantitative estimate of drug-likeness (QED) is 0.772. The highest BCUT2D eigenvalue weighted by molar-refractivity contribution is 7.76. The third-order valence-corrected chi connectivity index (χ3v) is 7.47. The minimum Gasteiger partial charge on any atom is -0.395 e. The van der Waals surface area contributed by atoms with Gasteiger partial charge in [-0.1, -0.05) is 78.9 Å². The molecule has 0 bridgehead atoms. The van der Waals surface area contributed by atoms with Gasteiger partial charge in [0.1, 0.15) is 0 Å². The van der Waals surface area contributed by atoms with E-state index in [0.29, 0.717) is 18.5 Å². The van der Waals surface area contributed by atoms with Crippen LogP contribution in [0.4, 0.5) is 0 Å². The van der Waals surface area contributed by atoms with Crippen molar-refractivity contribution in [2.75, 3.05) is 20.2 Å². The van der Waals surface area contributed by atoms with Crippen LogP contribution >= 0.6 is 7.92 Å². The predicted octanol–water partition coefficient (Wildman–Crippen LogP) is 3.50. The fraction of sp³-hybridized carbons (Fsp3) is 0.273. The van der Waals surface area contributed by atoms with E-state index in [0.717, 1.165) is 0 Å². The van der Waals surface area contributed by atoms with E-state index >= 15 is 0 Å². The zero-order chi connectivity index (χ0) is 17.6. The summed E-state index contributed by atoms with van der Waals surface area (Å²) in [6.07, 6.45) is 6.82. The Hall–Kier alpha value is -1.73. The maximum absolute atomic E-state index is 9.29. The first kappa shape index (κ1) is 18.1. The maximum Gasteiger partial charge on any atom is 0.0558 e. The first-order valence-corrected chi connectivity index (χ1v) is 10.2. The molecule has 25 heavy (non-hydrogen) atoms. The average Bonchev–Trinajstić information content (AvgIpc) is 3.12. The molecule has 1 aliphatic rings. The van der Waals surface area contributed by atoms with Crippen LogP contribution in [-0.4, -0.2) is 36.2 Å². The van der Waals surface area contributed by atoms with Gasteiger partial charge in [-0.15, -0.1) is 0 Å². The number of hydrogen-bond donors (Lipinski definition) is 1. The molecule has 0 saturated carbocycles. The molecular weight excluding hydrogens is 325 g/mol. The molecule has 0 fully saturated rings. The van der Waals surface area contributed by atoms with Crippen LogP contribution in [0.3, 0.4) is 0 Å². The monoisotopic (exact) mass is 351 g/mol. The lowest BCUT2D eigenvalue weighted by Crippen LogP contribution is -2.37. The zero-order valence-corrected chi connectivity index (χ0v) is 15.8. The summed E-state index contributed by atoms with van der Waals surface area (Å²) in [5.74, 6) is 0.378. The van der Waals surface area contributed by atoms with Crippen molar-refractivity contribution in [2.45, 2.75) is 13.0 Å². The van der Waals surface area contributed by atoms with Crippen molar-refractivity contribution in [1.29, 1.82) is 0 Å². The average molecular weight is 351 g/mol. The van der Waals surface area contributed by atoms with Gasteiger partial charge in [-0.2, -0.15) is 0 Å². The van der Waals surface area contributed by atoms with Crippen LogP contribution in [0.25, 0.3) is 0 Å². The molecule has 130 valence electrons. The predicted molar refractivity (Wildman–Crippen MR) is 109 cm³/mol. The summed E-state index contributed by atoms with van der Waals surface area (Å²) in [5, 5.41) is 13.6. The third kappa shape index (κ3) is 4.10. The Balaban J connectivity index is 1.96. The summed E-state index contributed by atoms with van der Waals surface area (Å²) in [6.45, 7) is 3.16. The van der Waals surface area contributed by atoms with Gasteiger partial charge in [0.15, 0.2) is 0 Å². The molecule has 1 aliphatic carbocycles.